The number of halogens is 3. The van der Waals surface area contributed by atoms with Gasteiger partial charge in [-0.15, -0.1) is 0 Å². The molecule has 0 saturated carbocycles. The number of ether oxygens (including phenoxy) is 2. The molecule has 1 aromatic rings. The topological polar surface area (TPSA) is 42.0 Å². The number of morpholine rings is 1. The van der Waals surface area contributed by atoms with E-state index in [-0.39, 0.29) is 30.5 Å². The van der Waals surface area contributed by atoms with Crippen LogP contribution in [0.15, 0.2) is 24.3 Å². The van der Waals surface area contributed by atoms with Crippen molar-refractivity contribution in [2.45, 2.75) is 45.1 Å². The molecule has 0 bridgehead atoms. The standard InChI is InChI=1S/C21H29F3N2O3/c1-15-11-25(12-16(2)29-15)13-17-6-8-26(9-7-17)20(27)14-28-19-5-3-4-18(10-19)21(22,23)24/h3-5,10,15-17H,6-9,11-14H2,1-2H3. The maximum Gasteiger partial charge on any atom is 0.416 e. The summed E-state index contributed by atoms with van der Waals surface area (Å²) in [6, 6.07) is 4.61. The van der Waals surface area contributed by atoms with E-state index in [4.69, 9.17) is 9.47 Å². The second-order valence-corrected chi connectivity index (χ2v) is 8.11. The SMILES string of the molecule is CC1CN(CC2CCN(C(=O)COc3cccc(C(F)(F)F)c3)CC2)CC(C)O1. The van der Waals surface area contributed by atoms with Gasteiger partial charge in [-0.3, -0.25) is 9.69 Å². The van der Waals surface area contributed by atoms with Gasteiger partial charge in [0.1, 0.15) is 5.75 Å². The number of amides is 1. The van der Waals surface area contributed by atoms with Crippen LogP contribution in [-0.4, -0.2) is 67.2 Å². The number of benzene rings is 1. The first-order valence-electron chi connectivity index (χ1n) is 10.2. The molecule has 0 aromatic heterocycles. The lowest BCUT2D eigenvalue weighted by Crippen LogP contribution is -2.49. The molecule has 0 spiro atoms. The molecule has 5 nitrogen and oxygen atoms in total. The normalized spacial score (nSPS) is 24.5. The summed E-state index contributed by atoms with van der Waals surface area (Å²) in [5.74, 6) is 0.411. The van der Waals surface area contributed by atoms with E-state index in [1.807, 2.05) is 0 Å². The summed E-state index contributed by atoms with van der Waals surface area (Å²) >= 11 is 0. The summed E-state index contributed by atoms with van der Waals surface area (Å²) in [6.45, 7) is 8.15. The number of alkyl halides is 3. The van der Waals surface area contributed by atoms with Crippen molar-refractivity contribution in [2.24, 2.45) is 5.92 Å². The second-order valence-electron chi connectivity index (χ2n) is 8.11. The Bertz CT molecular complexity index is 680. The number of hydrogen-bond acceptors (Lipinski definition) is 4. The Morgan fingerprint density at radius 1 is 1.17 bits per heavy atom. The third-order valence-corrected chi connectivity index (χ3v) is 5.50. The number of nitrogens with zero attached hydrogens (tertiary/aromatic N) is 2. The first kappa shape index (κ1) is 21.9. The van der Waals surface area contributed by atoms with Gasteiger partial charge in [0.2, 0.25) is 0 Å². The summed E-state index contributed by atoms with van der Waals surface area (Å²) in [5, 5.41) is 0. The van der Waals surface area contributed by atoms with E-state index < -0.39 is 11.7 Å². The highest BCUT2D eigenvalue weighted by Crippen LogP contribution is 2.31. The van der Waals surface area contributed by atoms with Gasteiger partial charge in [-0.2, -0.15) is 13.2 Å². The molecular formula is C21H29F3N2O3. The van der Waals surface area contributed by atoms with Gasteiger partial charge in [-0.1, -0.05) is 6.07 Å². The molecule has 1 amide bonds. The highest BCUT2D eigenvalue weighted by molar-refractivity contribution is 5.77. The summed E-state index contributed by atoms with van der Waals surface area (Å²) < 4.78 is 49.4. The van der Waals surface area contributed by atoms with Crippen molar-refractivity contribution in [1.29, 1.82) is 0 Å². The number of carbonyl (C=O) groups is 1. The minimum Gasteiger partial charge on any atom is -0.484 e. The van der Waals surface area contributed by atoms with Crippen molar-refractivity contribution in [1.82, 2.24) is 9.80 Å². The van der Waals surface area contributed by atoms with Crippen LogP contribution in [0.1, 0.15) is 32.3 Å². The van der Waals surface area contributed by atoms with E-state index in [0.717, 1.165) is 44.6 Å². The lowest BCUT2D eigenvalue weighted by atomic mass is 9.95. The Labute approximate surface area is 169 Å². The molecule has 0 radical (unpaired) electrons. The predicted molar refractivity (Wildman–Crippen MR) is 103 cm³/mol. The zero-order valence-electron chi connectivity index (χ0n) is 17.0. The lowest BCUT2D eigenvalue weighted by molar-refractivity contribution is -0.137. The highest BCUT2D eigenvalue weighted by atomic mass is 19.4. The maximum atomic E-state index is 12.8. The van der Waals surface area contributed by atoms with Crippen LogP contribution in [0.4, 0.5) is 13.2 Å². The predicted octanol–water partition coefficient (Wildman–Crippen LogP) is 3.43. The number of likely N-dealkylation sites (tertiary alicyclic amines) is 1. The third-order valence-electron chi connectivity index (χ3n) is 5.50. The Kier molecular flexibility index (Phi) is 7.05. The van der Waals surface area contributed by atoms with Crippen LogP contribution in [-0.2, 0) is 15.7 Å². The molecule has 0 aliphatic carbocycles. The minimum atomic E-state index is -4.43. The van der Waals surface area contributed by atoms with E-state index in [9.17, 15) is 18.0 Å². The van der Waals surface area contributed by atoms with Crippen LogP contribution in [0.25, 0.3) is 0 Å². The van der Waals surface area contributed by atoms with Gasteiger partial charge in [0, 0.05) is 32.7 Å². The van der Waals surface area contributed by atoms with E-state index in [0.29, 0.717) is 19.0 Å². The summed E-state index contributed by atoms with van der Waals surface area (Å²) in [4.78, 5) is 16.6. The number of carbonyl (C=O) groups excluding carboxylic acids is 1. The summed E-state index contributed by atoms with van der Waals surface area (Å²) in [5.41, 5.74) is -0.782. The zero-order valence-corrected chi connectivity index (χ0v) is 17.0. The molecule has 29 heavy (non-hydrogen) atoms. The summed E-state index contributed by atoms with van der Waals surface area (Å²) in [6.07, 6.45) is -2.09. The van der Waals surface area contributed by atoms with E-state index in [1.54, 1.807) is 4.90 Å². The Balaban J connectivity index is 1.42. The molecular weight excluding hydrogens is 385 g/mol. The van der Waals surface area contributed by atoms with Gasteiger partial charge in [-0.05, 0) is 50.8 Å². The quantitative estimate of drug-likeness (QED) is 0.740. The van der Waals surface area contributed by atoms with Crippen molar-refractivity contribution in [3.63, 3.8) is 0 Å². The molecule has 2 atom stereocenters. The molecule has 2 aliphatic heterocycles. The van der Waals surface area contributed by atoms with Crippen molar-refractivity contribution in [2.75, 3.05) is 39.3 Å². The van der Waals surface area contributed by atoms with Gasteiger partial charge in [0.15, 0.2) is 6.61 Å². The molecule has 2 saturated heterocycles. The summed E-state index contributed by atoms with van der Waals surface area (Å²) in [7, 11) is 0. The Morgan fingerprint density at radius 2 is 1.83 bits per heavy atom. The first-order chi connectivity index (χ1) is 13.7. The average Bonchev–Trinajstić information content (AvgIpc) is 2.65. The van der Waals surface area contributed by atoms with Crippen LogP contribution in [0.3, 0.4) is 0 Å². The second kappa shape index (κ2) is 9.34. The number of rotatable bonds is 5. The fourth-order valence-electron chi connectivity index (χ4n) is 4.16. The molecule has 3 rings (SSSR count). The van der Waals surface area contributed by atoms with Crippen molar-refractivity contribution in [3.05, 3.63) is 29.8 Å². The fourth-order valence-corrected chi connectivity index (χ4v) is 4.16. The van der Waals surface area contributed by atoms with Crippen molar-refractivity contribution in [3.8, 4) is 5.75 Å². The molecule has 2 aliphatic rings. The molecule has 8 heteroatoms. The largest absolute Gasteiger partial charge is 0.484 e. The van der Waals surface area contributed by atoms with E-state index in [2.05, 4.69) is 18.7 Å². The monoisotopic (exact) mass is 414 g/mol. The Morgan fingerprint density at radius 3 is 2.45 bits per heavy atom. The lowest BCUT2D eigenvalue weighted by Gasteiger charge is -2.39. The van der Waals surface area contributed by atoms with Gasteiger partial charge < -0.3 is 14.4 Å². The number of piperidine rings is 1. The zero-order chi connectivity index (χ0) is 21.0. The maximum absolute atomic E-state index is 12.8. The van der Waals surface area contributed by atoms with E-state index >= 15 is 0 Å². The van der Waals surface area contributed by atoms with E-state index in [1.165, 1.54) is 12.1 Å². The molecule has 2 heterocycles. The Hall–Kier alpha value is -1.80. The molecule has 2 unspecified atom stereocenters. The average molecular weight is 414 g/mol. The smallest absolute Gasteiger partial charge is 0.416 e. The van der Waals surface area contributed by atoms with Crippen LogP contribution < -0.4 is 4.74 Å². The van der Waals surface area contributed by atoms with Crippen molar-refractivity contribution >= 4 is 5.91 Å². The third kappa shape index (κ3) is 6.34. The molecule has 1 aromatic carbocycles. The first-order valence-corrected chi connectivity index (χ1v) is 10.2. The van der Waals surface area contributed by atoms with Gasteiger partial charge >= 0.3 is 6.18 Å². The molecule has 0 N–H and O–H groups in total. The van der Waals surface area contributed by atoms with Gasteiger partial charge in [-0.25, -0.2) is 0 Å². The van der Waals surface area contributed by atoms with Gasteiger partial charge in [0.05, 0.1) is 17.8 Å². The van der Waals surface area contributed by atoms with Crippen LogP contribution >= 0.6 is 0 Å². The molecule has 2 fully saturated rings. The van der Waals surface area contributed by atoms with Crippen molar-refractivity contribution < 1.29 is 27.4 Å². The van der Waals surface area contributed by atoms with Crippen LogP contribution in [0.2, 0.25) is 0 Å². The van der Waals surface area contributed by atoms with Crippen LogP contribution in [0, 0.1) is 5.92 Å². The number of hydrogen-bond donors (Lipinski definition) is 0. The fraction of sp³-hybridized carbons (Fsp3) is 0.667. The van der Waals surface area contributed by atoms with Gasteiger partial charge in [0.25, 0.3) is 5.91 Å². The van der Waals surface area contributed by atoms with Crippen LogP contribution in [0.5, 0.6) is 5.75 Å². The highest BCUT2D eigenvalue weighted by Gasteiger charge is 2.31. The molecule has 162 valence electrons. The minimum absolute atomic E-state index is 0.0543.